The minimum atomic E-state index is -1.47. The standard InChI is InChI=1S/C23H21N3O4/c1-16-8-7-13-26(20(16)27)15-23(21(28)24-22(29)25-23)18-11-5-6-12-19(18)30-14-17-9-3-2-4-10-17/h2-13H,14-15H2,1H3,(H2,24,25,28,29). The van der Waals surface area contributed by atoms with E-state index in [-0.39, 0.29) is 12.1 Å². The van der Waals surface area contributed by atoms with Gasteiger partial charge in [-0.1, -0.05) is 54.6 Å². The number of ether oxygens (including phenoxy) is 1. The van der Waals surface area contributed by atoms with Crippen molar-refractivity contribution in [2.75, 3.05) is 0 Å². The molecular weight excluding hydrogens is 382 g/mol. The van der Waals surface area contributed by atoms with Crippen molar-refractivity contribution >= 4 is 11.9 Å². The summed E-state index contributed by atoms with van der Waals surface area (Å²) in [6.45, 7) is 1.94. The first-order chi connectivity index (χ1) is 14.5. The number of urea groups is 1. The van der Waals surface area contributed by atoms with E-state index in [1.807, 2.05) is 30.3 Å². The zero-order valence-corrected chi connectivity index (χ0v) is 16.4. The molecule has 3 amide bonds. The maximum absolute atomic E-state index is 13.0. The Balaban J connectivity index is 1.75. The molecule has 0 spiro atoms. The van der Waals surface area contributed by atoms with Crippen LogP contribution in [0.4, 0.5) is 4.79 Å². The van der Waals surface area contributed by atoms with E-state index in [0.717, 1.165) is 5.56 Å². The average Bonchev–Trinajstić information content (AvgIpc) is 3.04. The molecule has 0 aliphatic carbocycles. The SMILES string of the molecule is Cc1cccn(CC2(c3ccccc3OCc3ccccc3)NC(=O)NC2=O)c1=O. The number of hydrogen-bond acceptors (Lipinski definition) is 4. The van der Waals surface area contributed by atoms with Crippen LogP contribution in [-0.4, -0.2) is 16.5 Å². The molecule has 1 aliphatic heterocycles. The Hall–Kier alpha value is -3.87. The Morgan fingerprint density at radius 2 is 1.67 bits per heavy atom. The second kappa shape index (κ2) is 7.87. The number of benzene rings is 2. The van der Waals surface area contributed by atoms with Gasteiger partial charge in [0.05, 0.1) is 6.54 Å². The highest BCUT2D eigenvalue weighted by Crippen LogP contribution is 2.34. The summed E-state index contributed by atoms with van der Waals surface area (Å²) in [7, 11) is 0. The van der Waals surface area contributed by atoms with Crippen LogP contribution in [0, 0.1) is 6.92 Å². The number of aromatic nitrogens is 1. The third-order valence-corrected chi connectivity index (χ3v) is 5.14. The van der Waals surface area contributed by atoms with Crippen molar-refractivity contribution in [2.24, 2.45) is 0 Å². The molecule has 1 aliphatic rings. The van der Waals surface area contributed by atoms with Gasteiger partial charge < -0.3 is 14.6 Å². The molecule has 7 nitrogen and oxygen atoms in total. The first-order valence-corrected chi connectivity index (χ1v) is 9.55. The smallest absolute Gasteiger partial charge is 0.322 e. The number of carbonyl (C=O) groups is 2. The van der Waals surface area contributed by atoms with Gasteiger partial charge in [0.25, 0.3) is 11.5 Å². The molecule has 1 aromatic heterocycles. The van der Waals surface area contributed by atoms with E-state index in [9.17, 15) is 14.4 Å². The monoisotopic (exact) mass is 403 g/mol. The van der Waals surface area contributed by atoms with Crippen molar-refractivity contribution in [3.63, 3.8) is 0 Å². The fraction of sp³-hybridized carbons (Fsp3) is 0.174. The predicted molar refractivity (Wildman–Crippen MR) is 111 cm³/mol. The summed E-state index contributed by atoms with van der Waals surface area (Å²) in [6, 6.07) is 19.5. The second-order valence-corrected chi connectivity index (χ2v) is 7.21. The normalized spacial score (nSPS) is 18.0. The highest BCUT2D eigenvalue weighted by atomic mass is 16.5. The van der Waals surface area contributed by atoms with Crippen molar-refractivity contribution in [3.8, 4) is 5.75 Å². The Labute approximate surface area is 173 Å². The third-order valence-electron chi connectivity index (χ3n) is 5.14. The molecule has 4 rings (SSSR count). The van der Waals surface area contributed by atoms with E-state index in [1.54, 1.807) is 49.5 Å². The Morgan fingerprint density at radius 3 is 2.40 bits per heavy atom. The maximum atomic E-state index is 13.0. The molecule has 1 unspecified atom stereocenters. The number of imide groups is 1. The fourth-order valence-corrected chi connectivity index (χ4v) is 3.59. The molecule has 0 radical (unpaired) electrons. The topological polar surface area (TPSA) is 89.4 Å². The predicted octanol–water partition coefficient (Wildman–Crippen LogP) is 2.47. The van der Waals surface area contributed by atoms with Gasteiger partial charge in [-0.15, -0.1) is 0 Å². The van der Waals surface area contributed by atoms with Crippen molar-refractivity contribution in [2.45, 2.75) is 25.6 Å². The van der Waals surface area contributed by atoms with Crippen molar-refractivity contribution in [1.82, 2.24) is 15.2 Å². The maximum Gasteiger partial charge on any atom is 0.322 e. The number of nitrogens with one attached hydrogen (secondary N) is 2. The third kappa shape index (κ3) is 3.57. The van der Waals surface area contributed by atoms with Gasteiger partial charge in [0.1, 0.15) is 12.4 Å². The second-order valence-electron chi connectivity index (χ2n) is 7.21. The van der Waals surface area contributed by atoms with Crippen LogP contribution in [0.25, 0.3) is 0 Å². The number of hydrogen-bond donors (Lipinski definition) is 2. The lowest BCUT2D eigenvalue weighted by Gasteiger charge is -2.29. The number of aryl methyl sites for hydroxylation is 1. The number of nitrogens with zero attached hydrogens (tertiary/aromatic N) is 1. The Morgan fingerprint density at radius 1 is 0.933 bits per heavy atom. The molecule has 2 heterocycles. The van der Waals surface area contributed by atoms with Crippen LogP contribution in [0.1, 0.15) is 16.7 Å². The van der Waals surface area contributed by atoms with Crippen molar-refractivity contribution in [1.29, 1.82) is 0 Å². The quantitative estimate of drug-likeness (QED) is 0.619. The van der Waals surface area contributed by atoms with E-state index in [1.165, 1.54) is 4.57 Å². The van der Waals surface area contributed by atoms with Crippen LogP contribution in [-0.2, 0) is 23.5 Å². The molecule has 2 aromatic carbocycles. The minimum absolute atomic E-state index is 0.0587. The number of pyridine rings is 1. The lowest BCUT2D eigenvalue weighted by atomic mass is 9.88. The average molecular weight is 403 g/mol. The molecule has 0 bridgehead atoms. The summed E-state index contributed by atoms with van der Waals surface area (Å²) < 4.78 is 7.44. The summed E-state index contributed by atoms with van der Waals surface area (Å²) in [5.74, 6) is -0.0731. The van der Waals surface area contributed by atoms with Crippen LogP contribution in [0.5, 0.6) is 5.75 Å². The molecule has 152 valence electrons. The molecule has 30 heavy (non-hydrogen) atoms. The summed E-state index contributed by atoms with van der Waals surface area (Å²) >= 11 is 0. The number of amides is 3. The van der Waals surface area contributed by atoms with Crippen molar-refractivity contribution < 1.29 is 14.3 Å². The van der Waals surface area contributed by atoms with E-state index in [4.69, 9.17) is 4.74 Å². The van der Waals surface area contributed by atoms with Gasteiger partial charge >= 0.3 is 6.03 Å². The van der Waals surface area contributed by atoms with Crippen LogP contribution in [0.2, 0.25) is 0 Å². The molecule has 1 atom stereocenters. The van der Waals surface area contributed by atoms with Crippen LogP contribution in [0.3, 0.4) is 0 Å². The van der Waals surface area contributed by atoms with Crippen LogP contribution >= 0.6 is 0 Å². The first kappa shape index (κ1) is 19.4. The highest BCUT2D eigenvalue weighted by Gasteiger charge is 2.49. The highest BCUT2D eigenvalue weighted by molar-refractivity contribution is 6.07. The van der Waals surface area contributed by atoms with Crippen LogP contribution < -0.4 is 20.9 Å². The molecule has 1 saturated heterocycles. The first-order valence-electron chi connectivity index (χ1n) is 9.55. The van der Waals surface area contributed by atoms with Crippen LogP contribution in [0.15, 0.2) is 77.7 Å². The Bertz CT molecular complexity index is 1160. The van der Waals surface area contributed by atoms with Gasteiger partial charge in [-0.2, -0.15) is 0 Å². The van der Waals surface area contributed by atoms with E-state index in [2.05, 4.69) is 10.6 Å². The molecule has 2 N–H and O–H groups in total. The zero-order valence-electron chi connectivity index (χ0n) is 16.4. The largest absolute Gasteiger partial charge is 0.489 e. The molecular formula is C23H21N3O4. The van der Waals surface area contributed by atoms with Gasteiger partial charge in [-0.25, -0.2) is 4.79 Å². The van der Waals surface area contributed by atoms with Gasteiger partial charge in [0.15, 0.2) is 5.54 Å². The number of rotatable bonds is 6. The van der Waals surface area contributed by atoms with Gasteiger partial charge in [-0.3, -0.25) is 14.9 Å². The fourth-order valence-electron chi connectivity index (χ4n) is 3.59. The minimum Gasteiger partial charge on any atom is -0.489 e. The van der Waals surface area contributed by atoms with Gasteiger partial charge in [-0.05, 0) is 24.6 Å². The summed E-state index contributed by atoms with van der Waals surface area (Å²) in [4.78, 5) is 37.7. The molecule has 7 heteroatoms. The van der Waals surface area contributed by atoms with Gasteiger partial charge in [0.2, 0.25) is 0 Å². The molecule has 0 saturated carbocycles. The Kier molecular flexibility index (Phi) is 5.10. The summed E-state index contributed by atoms with van der Waals surface area (Å²) in [5.41, 5.74) is 0.301. The molecule has 3 aromatic rings. The van der Waals surface area contributed by atoms with Crippen molar-refractivity contribution in [3.05, 3.63) is 100.0 Å². The van der Waals surface area contributed by atoms with E-state index < -0.39 is 17.5 Å². The molecule has 1 fully saturated rings. The van der Waals surface area contributed by atoms with E-state index >= 15 is 0 Å². The number of carbonyl (C=O) groups excluding carboxylic acids is 2. The summed E-state index contributed by atoms with van der Waals surface area (Å²) in [5, 5.41) is 5.03. The lowest BCUT2D eigenvalue weighted by Crippen LogP contribution is -2.49. The number of para-hydroxylation sites is 1. The summed E-state index contributed by atoms with van der Waals surface area (Å²) in [6.07, 6.45) is 1.60. The van der Waals surface area contributed by atoms with E-state index in [0.29, 0.717) is 23.5 Å². The van der Waals surface area contributed by atoms with Gasteiger partial charge in [0, 0.05) is 17.3 Å². The zero-order chi connectivity index (χ0) is 21.1. The lowest BCUT2D eigenvalue weighted by molar-refractivity contribution is -0.124.